The molecule has 0 fully saturated rings. The molecule has 8 heteroatoms. The van der Waals surface area contributed by atoms with Gasteiger partial charge in [-0.25, -0.2) is 14.5 Å². The van der Waals surface area contributed by atoms with Crippen molar-refractivity contribution < 1.29 is 9.53 Å². The fourth-order valence-corrected chi connectivity index (χ4v) is 1.83. The molecule has 0 atom stereocenters. The Bertz CT molecular complexity index is 601. The maximum Gasteiger partial charge on any atom is 0.360 e. The first-order valence-corrected chi connectivity index (χ1v) is 6.29. The van der Waals surface area contributed by atoms with Gasteiger partial charge in [-0.05, 0) is 5.92 Å². The summed E-state index contributed by atoms with van der Waals surface area (Å²) in [6, 6.07) is 0. The summed E-state index contributed by atoms with van der Waals surface area (Å²) < 4.78 is 7.99. The molecule has 0 spiro atoms. The van der Waals surface area contributed by atoms with Gasteiger partial charge in [0, 0.05) is 12.7 Å². The van der Waals surface area contributed by atoms with E-state index >= 15 is 0 Å². The Balaban J connectivity index is 2.18. The second-order valence-corrected chi connectivity index (χ2v) is 4.87. The number of nitrogens with zero attached hydrogens (tertiary/aromatic N) is 5. The van der Waals surface area contributed by atoms with Crippen molar-refractivity contribution in [1.29, 1.82) is 0 Å². The number of carbonyl (C=O) groups excluding carboxylic acids is 1. The van der Waals surface area contributed by atoms with Crippen molar-refractivity contribution in [3.05, 3.63) is 24.0 Å². The van der Waals surface area contributed by atoms with Crippen LogP contribution < -0.4 is 5.73 Å². The lowest BCUT2D eigenvalue weighted by atomic mass is 10.2. The second kappa shape index (κ2) is 5.72. The number of hydrogen-bond donors (Lipinski definition) is 1. The third-order valence-electron chi connectivity index (χ3n) is 2.71. The van der Waals surface area contributed by atoms with Gasteiger partial charge in [0.1, 0.15) is 18.7 Å². The fraction of sp³-hybridized carbons (Fsp3) is 0.500. The van der Waals surface area contributed by atoms with E-state index in [1.54, 1.807) is 10.9 Å². The molecule has 2 rings (SSSR count). The van der Waals surface area contributed by atoms with Crippen LogP contribution in [0.25, 0.3) is 0 Å². The molecule has 0 aliphatic heterocycles. The van der Waals surface area contributed by atoms with E-state index in [9.17, 15) is 4.79 Å². The molecule has 0 amide bonds. The average molecular weight is 278 g/mol. The van der Waals surface area contributed by atoms with E-state index in [-0.39, 0.29) is 11.4 Å². The highest BCUT2D eigenvalue weighted by atomic mass is 16.5. The lowest BCUT2D eigenvalue weighted by Crippen LogP contribution is -2.14. The highest BCUT2D eigenvalue weighted by Crippen LogP contribution is 2.11. The standard InChI is InChI=1S/C12H18N6O2/c1-8(2)4-18-10(14-7-15-18)6-17-5-9(13)11(16-17)12(19)20-3/h5,7-8H,4,6,13H2,1-3H3. The molecular weight excluding hydrogens is 260 g/mol. The number of methoxy groups -OCH3 is 1. The Morgan fingerprint density at radius 3 is 2.90 bits per heavy atom. The van der Waals surface area contributed by atoms with Crippen molar-refractivity contribution in [2.75, 3.05) is 12.8 Å². The van der Waals surface area contributed by atoms with Crippen LogP contribution in [0.15, 0.2) is 12.5 Å². The molecule has 2 aromatic rings. The van der Waals surface area contributed by atoms with Crippen molar-refractivity contribution in [2.45, 2.75) is 26.9 Å². The molecule has 0 aliphatic rings. The molecule has 0 saturated carbocycles. The normalized spacial score (nSPS) is 11.0. The topological polar surface area (TPSA) is 101 Å². The first-order chi connectivity index (χ1) is 9.51. The Morgan fingerprint density at radius 2 is 2.25 bits per heavy atom. The lowest BCUT2D eigenvalue weighted by Gasteiger charge is -2.08. The first kappa shape index (κ1) is 14.0. The summed E-state index contributed by atoms with van der Waals surface area (Å²) in [7, 11) is 1.29. The van der Waals surface area contributed by atoms with Gasteiger partial charge >= 0.3 is 5.97 Å². The number of ether oxygens (including phenoxy) is 1. The van der Waals surface area contributed by atoms with Gasteiger partial charge in [0.25, 0.3) is 0 Å². The Morgan fingerprint density at radius 1 is 1.50 bits per heavy atom. The van der Waals surface area contributed by atoms with Crippen LogP contribution in [-0.4, -0.2) is 37.6 Å². The Hall–Kier alpha value is -2.38. The van der Waals surface area contributed by atoms with E-state index in [0.717, 1.165) is 12.4 Å². The molecule has 0 aliphatic carbocycles. The van der Waals surface area contributed by atoms with Gasteiger partial charge in [-0.2, -0.15) is 10.2 Å². The molecule has 2 heterocycles. The number of rotatable bonds is 5. The minimum absolute atomic E-state index is 0.113. The van der Waals surface area contributed by atoms with Crippen molar-refractivity contribution in [1.82, 2.24) is 24.5 Å². The monoisotopic (exact) mass is 278 g/mol. The summed E-state index contributed by atoms with van der Waals surface area (Å²) in [6.45, 7) is 5.38. The number of nitrogen functional groups attached to an aromatic ring is 1. The Kier molecular flexibility index (Phi) is 4.02. The quantitative estimate of drug-likeness (QED) is 0.801. The zero-order valence-corrected chi connectivity index (χ0v) is 11.8. The third kappa shape index (κ3) is 2.95. The zero-order valence-electron chi connectivity index (χ0n) is 11.8. The molecule has 0 unspecified atom stereocenters. The molecule has 108 valence electrons. The van der Waals surface area contributed by atoms with Crippen molar-refractivity contribution in [3.63, 3.8) is 0 Å². The first-order valence-electron chi connectivity index (χ1n) is 6.29. The van der Waals surface area contributed by atoms with Crippen LogP contribution in [0.2, 0.25) is 0 Å². The summed E-state index contributed by atoms with van der Waals surface area (Å²) in [6.07, 6.45) is 3.09. The van der Waals surface area contributed by atoms with E-state index in [1.165, 1.54) is 13.4 Å². The van der Waals surface area contributed by atoms with Crippen LogP contribution in [0, 0.1) is 5.92 Å². The van der Waals surface area contributed by atoms with Crippen LogP contribution in [-0.2, 0) is 17.8 Å². The molecule has 0 bridgehead atoms. The molecule has 20 heavy (non-hydrogen) atoms. The second-order valence-electron chi connectivity index (χ2n) is 4.87. The molecule has 8 nitrogen and oxygen atoms in total. The summed E-state index contributed by atoms with van der Waals surface area (Å²) in [4.78, 5) is 15.7. The third-order valence-corrected chi connectivity index (χ3v) is 2.71. The molecule has 2 aromatic heterocycles. The van der Waals surface area contributed by atoms with Crippen LogP contribution in [0.4, 0.5) is 5.69 Å². The van der Waals surface area contributed by atoms with E-state index in [4.69, 9.17) is 5.73 Å². The number of esters is 1. The molecule has 2 N–H and O–H groups in total. The van der Waals surface area contributed by atoms with Crippen LogP contribution in [0.3, 0.4) is 0 Å². The van der Waals surface area contributed by atoms with Gasteiger partial charge in [0.05, 0.1) is 12.8 Å². The smallest absolute Gasteiger partial charge is 0.360 e. The SMILES string of the molecule is COC(=O)c1nn(Cc2ncnn2CC(C)C)cc1N. The van der Waals surface area contributed by atoms with Crippen LogP contribution >= 0.6 is 0 Å². The van der Waals surface area contributed by atoms with Crippen molar-refractivity contribution >= 4 is 11.7 Å². The van der Waals surface area contributed by atoms with Gasteiger partial charge < -0.3 is 10.5 Å². The fourth-order valence-electron chi connectivity index (χ4n) is 1.83. The molecular formula is C12H18N6O2. The van der Waals surface area contributed by atoms with Gasteiger partial charge in [0.15, 0.2) is 5.69 Å². The number of anilines is 1. The van der Waals surface area contributed by atoms with Gasteiger partial charge in [-0.3, -0.25) is 4.68 Å². The molecule has 0 aromatic carbocycles. The maximum absolute atomic E-state index is 11.5. The lowest BCUT2D eigenvalue weighted by molar-refractivity contribution is 0.0594. The van der Waals surface area contributed by atoms with Gasteiger partial charge in [0.2, 0.25) is 0 Å². The summed E-state index contributed by atoms with van der Waals surface area (Å²) >= 11 is 0. The van der Waals surface area contributed by atoms with E-state index in [1.807, 2.05) is 4.68 Å². The van der Waals surface area contributed by atoms with E-state index < -0.39 is 5.97 Å². The summed E-state index contributed by atoms with van der Waals surface area (Å²) in [5.74, 6) is 0.672. The minimum Gasteiger partial charge on any atom is -0.464 e. The minimum atomic E-state index is -0.551. The highest BCUT2D eigenvalue weighted by Gasteiger charge is 2.16. The highest BCUT2D eigenvalue weighted by molar-refractivity contribution is 5.92. The number of nitrogens with two attached hydrogens (primary N) is 1. The van der Waals surface area contributed by atoms with Crippen LogP contribution in [0.5, 0.6) is 0 Å². The number of carbonyl (C=O) groups is 1. The Labute approximate surface area is 116 Å². The summed E-state index contributed by atoms with van der Waals surface area (Å²) in [5.41, 5.74) is 6.14. The summed E-state index contributed by atoms with van der Waals surface area (Å²) in [5, 5.41) is 8.29. The van der Waals surface area contributed by atoms with Crippen molar-refractivity contribution in [3.8, 4) is 0 Å². The largest absolute Gasteiger partial charge is 0.464 e. The molecule has 0 radical (unpaired) electrons. The average Bonchev–Trinajstić information content (AvgIpc) is 2.96. The van der Waals surface area contributed by atoms with Gasteiger partial charge in [-0.1, -0.05) is 13.8 Å². The zero-order chi connectivity index (χ0) is 14.7. The maximum atomic E-state index is 11.5. The van der Waals surface area contributed by atoms with Gasteiger partial charge in [-0.15, -0.1) is 0 Å². The number of hydrogen-bond acceptors (Lipinski definition) is 6. The van der Waals surface area contributed by atoms with Crippen molar-refractivity contribution in [2.24, 2.45) is 5.92 Å². The predicted molar refractivity (Wildman–Crippen MR) is 71.9 cm³/mol. The number of aromatic nitrogens is 5. The van der Waals surface area contributed by atoms with Crippen LogP contribution in [0.1, 0.15) is 30.2 Å². The van der Waals surface area contributed by atoms with E-state index in [2.05, 4.69) is 33.8 Å². The molecule has 0 saturated heterocycles. The van der Waals surface area contributed by atoms with E-state index in [0.29, 0.717) is 12.5 Å². The predicted octanol–water partition coefficient (Wildman–Crippen LogP) is 0.548.